The fourth-order valence-electron chi connectivity index (χ4n) is 6.02. The lowest BCUT2D eigenvalue weighted by Crippen LogP contribution is -2.55. The molecule has 174 valence electrons. The predicted molar refractivity (Wildman–Crippen MR) is 124 cm³/mol. The normalized spacial score (nSPS) is 34.5. The molecule has 4 rings (SSSR count). The van der Waals surface area contributed by atoms with E-state index in [2.05, 4.69) is 29.0 Å². The second kappa shape index (κ2) is 11.3. The Bertz CT molecular complexity index is 561. The number of piperidine rings is 1. The molecule has 2 amide bonds. The van der Waals surface area contributed by atoms with Gasteiger partial charge in [-0.25, -0.2) is 0 Å². The van der Waals surface area contributed by atoms with E-state index < -0.39 is 0 Å². The molecule has 0 spiro atoms. The molecule has 1 saturated carbocycles. The van der Waals surface area contributed by atoms with Crippen molar-refractivity contribution in [2.24, 2.45) is 17.8 Å². The van der Waals surface area contributed by atoms with E-state index in [0.29, 0.717) is 36.2 Å². The Kier molecular flexibility index (Phi) is 9.72. The van der Waals surface area contributed by atoms with Gasteiger partial charge in [0.2, 0.25) is 11.8 Å². The average Bonchev–Trinajstić information content (AvgIpc) is 3.11. The third kappa shape index (κ3) is 6.02. The van der Waals surface area contributed by atoms with Crippen LogP contribution in [-0.2, 0) is 9.59 Å². The second-order valence-electron chi connectivity index (χ2n) is 9.95. The van der Waals surface area contributed by atoms with E-state index in [9.17, 15) is 9.59 Å². The Hall–Kier alpha value is -0.560. The van der Waals surface area contributed by atoms with Crippen molar-refractivity contribution in [3.8, 4) is 0 Å². The number of likely N-dealkylation sites (tertiary alicyclic amines) is 1. The van der Waals surface area contributed by atoms with Gasteiger partial charge in [0.15, 0.2) is 0 Å². The summed E-state index contributed by atoms with van der Waals surface area (Å²) in [6, 6.07) is 0.591. The van der Waals surface area contributed by atoms with Crippen LogP contribution in [0.1, 0.15) is 52.4 Å². The highest BCUT2D eigenvalue weighted by Gasteiger charge is 2.40. The molecule has 5 unspecified atom stereocenters. The van der Waals surface area contributed by atoms with Crippen molar-refractivity contribution >= 4 is 36.6 Å². The van der Waals surface area contributed by atoms with Crippen molar-refractivity contribution in [3.05, 3.63) is 0 Å². The van der Waals surface area contributed by atoms with Crippen molar-refractivity contribution in [1.29, 1.82) is 0 Å². The largest absolute Gasteiger partial charge is 0.341 e. The van der Waals surface area contributed by atoms with Crippen molar-refractivity contribution in [1.82, 2.24) is 20.0 Å². The number of hydrogen-bond acceptors (Lipinski definition) is 4. The highest BCUT2D eigenvalue weighted by molar-refractivity contribution is 5.85. The van der Waals surface area contributed by atoms with Gasteiger partial charge in [0, 0.05) is 45.3 Å². The molecule has 4 aliphatic rings. The fourth-order valence-corrected chi connectivity index (χ4v) is 6.02. The van der Waals surface area contributed by atoms with Gasteiger partial charge >= 0.3 is 0 Å². The maximum atomic E-state index is 13.0. The standard InChI is InChI=1S/C22H38N4O2.2ClH/c1-16-11-17(2)14-26(13-16)21(27)15-24-7-9-25(10-8-24)22(28)20-12-18-5-3-4-6-19(18)23-20;;/h16-20,23H,3-15H2,1-2H3;2*1H. The molecule has 3 heterocycles. The average molecular weight is 463 g/mol. The molecule has 6 nitrogen and oxygen atoms in total. The van der Waals surface area contributed by atoms with Gasteiger partial charge in [-0.3, -0.25) is 14.5 Å². The van der Waals surface area contributed by atoms with Crippen molar-refractivity contribution in [2.75, 3.05) is 45.8 Å². The summed E-state index contributed by atoms with van der Waals surface area (Å²) in [4.78, 5) is 32.0. The number of hydrogen-bond donors (Lipinski definition) is 1. The monoisotopic (exact) mass is 462 g/mol. The quantitative estimate of drug-likeness (QED) is 0.699. The fraction of sp³-hybridized carbons (Fsp3) is 0.909. The number of carbonyl (C=O) groups is 2. The molecule has 5 atom stereocenters. The summed E-state index contributed by atoms with van der Waals surface area (Å²) in [6.07, 6.45) is 7.39. The molecule has 1 aliphatic carbocycles. The molecule has 30 heavy (non-hydrogen) atoms. The second-order valence-corrected chi connectivity index (χ2v) is 9.95. The summed E-state index contributed by atoms with van der Waals surface area (Å²) in [5.74, 6) is 2.46. The van der Waals surface area contributed by atoms with E-state index in [0.717, 1.165) is 45.7 Å². The van der Waals surface area contributed by atoms with E-state index in [-0.39, 0.29) is 36.8 Å². The molecule has 0 aromatic heterocycles. The lowest BCUT2D eigenvalue weighted by atomic mass is 9.85. The molecule has 4 fully saturated rings. The molecule has 0 radical (unpaired) electrons. The number of nitrogens with zero attached hydrogens (tertiary/aromatic N) is 3. The van der Waals surface area contributed by atoms with Crippen LogP contribution in [0.4, 0.5) is 0 Å². The Morgan fingerprint density at radius 1 is 0.867 bits per heavy atom. The van der Waals surface area contributed by atoms with E-state index in [4.69, 9.17) is 0 Å². The van der Waals surface area contributed by atoms with Crippen LogP contribution in [0.2, 0.25) is 0 Å². The maximum absolute atomic E-state index is 13.0. The van der Waals surface area contributed by atoms with Crippen LogP contribution in [0, 0.1) is 17.8 Å². The maximum Gasteiger partial charge on any atom is 0.239 e. The number of carbonyl (C=O) groups excluding carboxylic acids is 2. The molecule has 3 aliphatic heterocycles. The molecular weight excluding hydrogens is 423 g/mol. The van der Waals surface area contributed by atoms with Crippen LogP contribution in [0.25, 0.3) is 0 Å². The van der Waals surface area contributed by atoms with Gasteiger partial charge in [-0.05, 0) is 43.4 Å². The van der Waals surface area contributed by atoms with Crippen LogP contribution in [0.3, 0.4) is 0 Å². The topological polar surface area (TPSA) is 55.9 Å². The minimum atomic E-state index is 0. The molecular formula is C22H40Cl2N4O2. The SMILES string of the molecule is CC1CC(C)CN(C(=O)CN2CCN(C(=O)C3CC4CCCCC4N3)CC2)C1.Cl.Cl. The number of halogens is 2. The Morgan fingerprint density at radius 3 is 2.13 bits per heavy atom. The molecule has 0 aromatic rings. The van der Waals surface area contributed by atoms with Gasteiger partial charge in [0.25, 0.3) is 0 Å². The summed E-state index contributed by atoms with van der Waals surface area (Å²) < 4.78 is 0. The Morgan fingerprint density at radius 2 is 1.50 bits per heavy atom. The Labute approximate surface area is 194 Å². The zero-order valence-electron chi connectivity index (χ0n) is 18.6. The molecule has 3 saturated heterocycles. The Balaban J connectivity index is 0.00000160. The first kappa shape index (κ1) is 25.7. The number of amides is 2. The van der Waals surface area contributed by atoms with Gasteiger partial charge in [-0.1, -0.05) is 26.7 Å². The van der Waals surface area contributed by atoms with Crippen LogP contribution in [-0.4, -0.2) is 84.4 Å². The minimum Gasteiger partial charge on any atom is -0.341 e. The summed E-state index contributed by atoms with van der Waals surface area (Å²) in [7, 11) is 0. The first-order chi connectivity index (χ1) is 13.5. The first-order valence-electron chi connectivity index (χ1n) is 11.5. The van der Waals surface area contributed by atoms with Crippen molar-refractivity contribution in [2.45, 2.75) is 64.5 Å². The number of rotatable bonds is 3. The first-order valence-corrected chi connectivity index (χ1v) is 11.5. The summed E-state index contributed by atoms with van der Waals surface area (Å²) in [5, 5.41) is 3.62. The summed E-state index contributed by atoms with van der Waals surface area (Å²) in [5.41, 5.74) is 0. The van der Waals surface area contributed by atoms with E-state index in [1.807, 2.05) is 4.90 Å². The highest BCUT2D eigenvalue weighted by atomic mass is 35.5. The van der Waals surface area contributed by atoms with E-state index >= 15 is 0 Å². The lowest BCUT2D eigenvalue weighted by Gasteiger charge is -2.39. The predicted octanol–water partition coefficient (Wildman–Crippen LogP) is 2.40. The molecule has 0 bridgehead atoms. The van der Waals surface area contributed by atoms with Gasteiger partial charge in [0.05, 0.1) is 12.6 Å². The van der Waals surface area contributed by atoms with Crippen LogP contribution < -0.4 is 5.32 Å². The molecule has 8 heteroatoms. The zero-order valence-corrected chi connectivity index (χ0v) is 20.2. The number of nitrogens with one attached hydrogen (secondary N) is 1. The van der Waals surface area contributed by atoms with E-state index in [1.165, 1.54) is 32.1 Å². The van der Waals surface area contributed by atoms with Gasteiger partial charge in [-0.15, -0.1) is 24.8 Å². The van der Waals surface area contributed by atoms with Crippen LogP contribution in [0.15, 0.2) is 0 Å². The smallest absolute Gasteiger partial charge is 0.239 e. The summed E-state index contributed by atoms with van der Waals surface area (Å²) >= 11 is 0. The highest BCUT2D eigenvalue weighted by Crippen LogP contribution is 2.33. The minimum absolute atomic E-state index is 0. The third-order valence-electron chi connectivity index (χ3n) is 7.43. The number of fused-ring (bicyclic) bond motifs is 1. The van der Waals surface area contributed by atoms with Gasteiger partial charge < -0.3 is 15.1 Å². The van der Waals surface area contributed by atoms with Crippen molar-refractivity contribution < 1.29 is 9.59 Å². The van der Waals surface area contributed by atoms with E-state index in [1.54, 1.807) is 0 Å². The summed E-state index contributed by atoms with van der Waals surface area (Å²) in [6.45, 7) is 9.94. The third-order valence-corrected chi connectivity index (χ3v) is 7.43. The van der Waals surface area contributed by atoms with Gasteiger partial charge in [-0.2, -0.15) is 0 Å². The van der Waals surface area contributed by atoms with Crippen LogP contribution in [0.5, 0.6) is 0 Å². The zero-order chi connectivity index (χ0) is 19.7. The number of piperazine rings is 1. The van der Waals surface area contributed by atoms with Gasteiger partial charge in [0.1, 0.15) is 0 Å². The van der Waals surface area contributed by atoms with Crippen molar-refractivity contribution in [3.63, 3.8) is 0 Å². The van der Waals surface area contributed by atoms with Crippen LogP contribution >= 0.6 is 24.8 Å². The molecule has 1 N–H and O–H groups in total. The molecule has 0 aromatic carbocycles. The lowest BCUT2D eigenvalue weighted by molar-refractivity contribution is -0.137.